The van der Waals surface area contributed by atoms with E-state index in [4.69, 9.17) is 11.6 Å². The second kappa shape index (κ2) is 13.3. The molecule has 0 fully saturated rings. The number of aromatic nitrogens is 5. The van der Waals surface area contributed by atoms with Crippen LogP contribution in [-0.4, -0.2) is 73.5 Å². The van der Waals surface area contributed by atoms with Crippen molar-refractivity contribution in [3.63, 3.8) is 0 Å². The quantitative estimate of drug-likeness (QED) is 0.252. The minimum absolute atomic E-state index is 0. The summed E-state index contributed by atoms with van der Waals surface area (Å²) in [5, 5.41) is 16.2. The first-order valence-corrected chi connectivity index (χ1v) is 13.6. The molecule has 2 amide bonds. The monoisotopic (exact) mass is 623 g/mol. The molecule has 1 aliphatic heterocycles. The van der Waals surface area contributed by atoms with Crippen molar-refractivity contribution < 1.29 is 14.7 Å². The highest BCUT2D eigenvalue weighted by Crippen LogP contribution is 2.32. The van der Waals surface area contributed by atoms with E-state index < -0.39 is 18.0 Å². The molecule has 0 spiro atoms. The summed E-state index contributed by atoms with van der Waals surface area (Å²) in [6.45, 7) is 3.36. The van der Waals surface area contributed by atoms with Crippen molar-refractivity contribution in [1.82, 2.24) is 35.1 Å². The largest absolute Gasteiger partial charge is 0.394 e. The smallest absolute Gasteiger partial charge is 0.255 e. The van der Waals surface area contributed by atoms with Gasteiger partial charge in [-0.2, -0.15) is 0 Å². The number of hydrogen-bond donors (Lipinski definition) is 3. The Morgan fingerprint density at radius 2 is 1.93 bits per heavy atom. The lowest BCUT2D eigenvalue weighted by Gasteiger charge is -2.26. The van der Waals surface area contributed by atoms with Crippen LogP contribution in [0.5, 0.6) is 0 Å². The maximum Gasteiger partial charge on any atom is 0.255 e. The second-order valence-electron chi connectivity index (χ2n) is 10.0. The van der Waals surface area contributed by atoms with Gasteiger partial charge >= 0.3 is 0 Å². The normalized spacial score (nSPS) is 13.5. The van der Waals surface area contributed by atoms with Gasteiger partial charge in [0.15, 0.2) is 0 Å². The van der Waals surface area contributed by atoms with Gasteiger partial charge in [0.1, 0.15) is 23.5 Å². The molecular weight excluding hydrogens is 593 g/mol. The van der Waals surface area contributed by atoms with Crippen LogP contribution in [0.3, 0.4) is 0 Å². The summed E-state index contributed by atoms with van der Waals surface area (Å²) in [6, 6.07) is 11.0. The van der Waals surface area contributed by atoms with E-state index in [0.29, 0.717) is 45.0 Å². The van der Waals surface area contributed by atoms with Crippen LogP contribution in [0.4, 0.5) is 17.6 Å². The molecule has 0 radical (unpaired) electrons. The van der Waals surface area contributed by atoms with Gasteiger partial charge in [0.05, 0.1) is 35.3 Å². The van der Waals surface area contributed by atoms with Crippen molar-refractivity contribution >= 4 is 53.4 Å². The molecule has 2 atom stereocenters. The van der Waals surface area contributed by atoms with Crippen LogP contribution in [0.25, 0.3) is 11.3 Å². The van der Waals surface area contributed by atoms with Crippen molar-refractivity contribution in [1.29, 1.82) is 0 Å². The van der Waals surface area contributed by atoms with Gasteiger partial charge in [-0.05, 0) is 43.7 Å². The van der Waals surface area contributed by atoms with E-state index in [1.165, 1.54) is 11.1 Å². The van der Waals surface area contributed by atoms with Crippen LogP contribution in [0.1, 0.15) is 40.4 Å². The van der Waals surface area contributed by atoms with Gasteiger partial charge in [-0.1, -0.05) is 29.8 Å². The molecule has 0 bridgehead atoms. The number of pyridine rings is 1. The summed E-state index contributed by atoms with van der Waals surface area (Å²) in [4.78, 5) is 51.7. The number of benzene rings is 1. The van der Waals surface area contributed by atoms with Crippen LogP contribution in [-0.2, 0) is 11.3 Å². The number of nitrogens with one attached hydrogen (secondary N) is 2. The number of fused-ring (bicyclic) bond motifs is 1. The van der Waals surface area contributed by atoms with Crippen molar-refractivity contribution in [3.8, 4) is 11.3 Å². The fourth-order valence-corrected chi connectivity index (χ4v) is 4.78. The molecule has 4 aromatic rings. The number of rotatable bonds is 9. The van der Waals surface area contributed by atoms with Gasteiger partial charge < -0.3 is 25.5 Å². The number of hydrogen-bond acceptors (Lipinski definition) is 10. The predicted molar refractivity (Wildman–Crippen MR) is 166 cm³/mol. The second-order valence-corrected chi connectivity index (χ2v) is 10.5. The Morgan fingerprint density at radius 3 is 2.65 bits per heavy atom. The summed E-state index contributed by atoms with van der Waals surface area (Å²) in [5.74, 6) is 1.43. The Kier molecular flexibility index (Phi) is 9.74. The number of halogens is 2. The SMILES string of the molecule is Cc1nccc(Nc2ncc(Cl)c(-c3ccc4c(c3)C(=O)N(C(C)C(=O)N[C@H](CO)c3cccc(N(C)C)n3)C4)n2)n1.Cl. The molecule has 3 N–H and O–H groups in total. The highest BCUT2D eigenvalue weighted by Gasteiger charge is 2.35. The first-order chi connectivity index (χ1) is 20.1. The van der Waals surface area contributed by atoms with Crippen LogP contribution in [0.2, 0.25) is 5.02 Å². The third-order valence-electron chi connectivity index (χ3n) is 6.89. The van der Waals surface area contributed by atoms with Gasteiger partial charge in [-0.25, -0.2) is 24.9 Å². The molecule has 1 aromatic carbocycles. The van der Waals surface area contributed by atoms with Crippen molar-refractivity contribution in [3.05, 3.63) is 82.5 Å². The number of anilines is 3. The fourth-order valence-electron chi connectivity index (χ4n) is 4.58. The zero-order chi connectivity index (χ0) is 30.0. The van der Waals surface area contributed by atoms with E-state index in [9.17, 15) is 14.7 Å². The van der Waals surface area contributed by atoms with Gasteiger partial charge in [-0.3, -0.25) is 9.59 Å². The Labute approximate surface area is 260 Å². The van der Waals surface area contributed by atoms with Crippen molar-refractivity contribution in [2.45, 2.75) is 32.5 Å². The molecule has 0 saturated heterocycles. The zero-order valence-electron chi connectivity index (χ0n) is 23.9. The van der Waals surface area contributed by atoms with Crippen molar-refractivity contribution in [2.24, 2.45) is 0 Å². The molecule has 1 unspecified atom stereocenters. The number of carbonyl (C=O) groups excluding carboxylic acids is 2. The molecular formula is C29H31Cl2N9O3. The van der Waals surface area contributed by atoms with Crippen molar-refractivity contribution in [2.75, 3.05) is 30.9 Å². The standard InChI is InChI=1S/C29H30ClN9O3.ClH/c1-16(27(41)35-23(15-40)22-6-5-7-25(34-22)38(3)4)39-14-19-9-8-18(12-20(19)28(39)42)26-21(30)13-32-29(37-26)36-24-10-11-31-17(2)33-24;/h5-13,16,23,40H,14-15H2,1-4H3,(H,35,41)(H,31,32,33,36,37);1H/t16?,23-;/m1./s1. The summed E-state index contributed by atoms with van der Waals surface area (Å²) in [5.41, 5.74) is 2.83. The molecule has 0 saturated carbocycles. The molecule has 4 heterocycles. The van der Waals surface area contributed by atoms with Gasteiger partial charge in [0.25, 0.3) is 5.91 Å². The number of carbonyl (C=O) groups is 2. The lowest BCUT2D eigenvalue weighted by atomic mass is 10.0. The average Bonchev–Trinajstić information content (AvgIpc) is 3.31. The van der Waals surface area contributed by atoms with Gasteiger partial charge in [0, 0.05) is 38.0 Å². The minimum Gasteiger partial charge on any atom is -0.394 e. The maximum atomic E-state index is 13.5. The van der Waals surface area contributed by atoms with Crippen LogP contribution >= 0.6 is 24.0 Å². The van der Waals surface area contributed by atoms with Gasteiger partial charge in [0.2, 0.25) is 11.9 Å². The number of aliphatic hydroxyl groups is 1. The van der Waals surface area contributed by atoms with E-state index >= 15 is 0 Å². The molecule has 3 aromatic heterocycles. The predicted octanol–water partition coefficient (Wildman–Crippen LogP) is 3.72. The fraction of sp³-hybridized carbons (Fsp3) is 0.276. The Morgan fingerprint density at radius 1 is 1.14 bits per heavy atom. The Balaban J connectivity index is 0.00000423. The topological polar surface area (TPSA) is 149 Å². The van der Waals surface area contributed by atoms with E-state index in [0.717, 1.165) is 5.56 Å². The Hall–Kier alpha value is -4.39. The highest BCUT2D eigenvalue weighted by molar-refractivity contribution is 6.33. The minimum atomic E-state index is -0.797. The maximum absolute atomic E-state index is 13.5. The molecule has 14 heteroatoms. The highest BCUT2D eigenvalue weighted by atomic mass is 35.5. The summed E-state index contributed by atoms with van der Waals surface area (Å²) >= 11 is 6.45. The summed E-state index contributed by atoms with van der Waals surface area (Å²) < 4.78 is 0. The first-order valence-electron chi connectivity index (χ1n) is 13.2. The number of amides is 2. The number of nitrogens with zero attached hydrogens (tertiary/aromatic N) is 7. The molecule has 43 heavy (non-hydrogen) atoms. The third-order valence-corrected chi connectivity index (χ3v) is 7.17. The molecule has 5 rings (SSSR count). The van der Waals surface area contributed by atoms with E-state index in [-0.39, 0.29) is 37.4 Å². The van der Waals surface area contributed by atoms with Crippen LogP contribution in [0, 0.1) is 6.92 Å². The van der Waals surface area contributed by atoms with E-state index in [1.54, 1.807) is 38.2 Å². The average molecular weight is 625 g/mol. The molecule has 0 aliphatic carbocycles. The molecule has 1 aliphatic rings. The van der Waals surface area contributed by atoms with E-state index in [1.807, 2.05) is 43.3 Å². The van der Waals surface area contributed by atoms with Crippen LogP contribution < -0.4 is 15.5 Å². The number of aryl methyl sites for hydroxylation is 1. The Bertz CT molecular complexity index is 1650. The zero-order valence-corrected chi connectivity index (χ0v) is 25.5. The third kappa shape index (κ3) is 6.82. The number of aliphatic hydroxyl groups excluding tert-OH is 1. The lowest BCUT2D eigenvalue weighted by Crippen LogP contribution is -2.47. The summed E-state index contributed by atoms with van der Waals surface area (Å²) in [6.07, 6.45) is 3.11. The molecule has 224 valence electrons. The lowest BCUT2D eigenvalue weighted by molar-refractivity contribution is -0.126. The van der Waals surface area contributed by atoms with Gasteiger partial charge in [-0.15, -0.1) is 12.4 Å². The summed E-state index contributed by atoms with van der Waals surface area (Å²) in [7, 11) is 3.72. The van der Waals surface area contributed by atoms with Crippen LogP contribution in [0.15, 0.2) is 54.9 Å². The molecule has 12 nitrogen and oxygen atoms in total. The first kappa shape index (κ1) is 31.5. The van der Waals surface area contributed by atoms with E-state index in [2.05, 4.69) is 35.6 Å².